The Morgan fingerprint density at radius 2 is 1.12 bits per heavy atom. The van der Waals surface area contributed by atoms with Crippen LogP contribution in [-0.2, 0) is 23.1 Å². The Morgan fingerprint density at radius 3 is 1.50 bits per heavy atom. The van der Waals surface area contributed by atoms with Crippen molar-refractivity contribution in [2.75, 3.05) is 39.6 Å². The van der Waals surface area contributed by atoms with E-state index in [9.17, 15) is 4.57 Å². The zero-order valence-electron chi connectivity index (χ0n) is 16.7. The molecule has 0 aromatic rings. The van der Waals surface area contributed by atoms with Crippen LogP contribution < -0.4 is 11.5 Å². The third-order valence-electron chi connectivity index (χ3n) is 3.80. The van der Waals surface area contributed by atoms with Gasteiger partial charge in [-0.2, -0.15) is 0 Å². The van der Waals surface area contributed by atoms with Gasteiger partial charge >= 0.3 is 8.25 Å². The molecule has 7 nitrogen and oxygen atoms in total. The minimum absolute atomic E-state index is 0.165. The largest absolute Gasteiger partial charge is 0.697 e. The summed E-state index contributed by atoms with van der Waals surface area (Å²) in [6.45, 7) is 7.70. The van der Waals surface area contributed by atoms with Gasteiger partial charge in [-0.15, -0.1) is 9.05 Å². The van der Waals surface area contributed by atoms with E-state index < -0.39 is 8.25 Å². The van der Waals surface area contributed by atoms with Gasteiger partial charge in [0.1, 0.15) is 13.2 Å². The summed E-state index contributed by atoms with van der Waals surface area (Å²) in [5.41, 5.74) is 11.9. The second-order valence-electron chi connectivity index (χ2n) is 6.55. The summed E-state index contributed by atoms with van der Waals surface area (Å²) in [4.78, 5) is 0. The smallest absolute Gasteiger partial charge is 0.381 e. The lowest BCUT2D eigenvalue weighted by molar-refractivity contribution is 0.122. The molecule has 0 aliphatic carbocycles. The monoisotopic (exact) mass is 395 g/mol. The van der Waals surface area contributed by atoms with Crippen molar-refractivity contribution in [3.63, 3.8) is 0 Å². The summed E-state index contributed by atoms with van der Waals surface area (Å²) in [5.74, 6) is 0. The highest BCUT2D eigenvalue weighted by atomic mass is 31.1. The fourth-order valence-electron chi connectivity index (χ4n) is 2.11. The van der Waals surface area contributed by atoms with Gasteiger partial charge in [0.05, 0.1) is 0 Å². The molecule has 0 fully saturated rings. The molecule has 0 rings (SSSR count). The fraction of sp³-hybridized carbons (Fsp3) is 1.00. The van der Waals surface area contributed by atoms with Crippen LogP contribution >= 0.6 is 8.25 Å². The van der Waals surface area contributed by atoms with Crippen LogP contribution in [0.3, 0.4) is 0 Å². The van der Waals surface area contributed by atoms with Crippen LogP contribution in [0.1, 0.15) is 65.2 Å². The number of unbranched alkanes of at least 4 members (excludes halogenated alkanes) is 2. The summed E-state index contributed by atoms with van der Waals surface area (Å²) in [6, 6.07) is -0.331. The van der Waals surface area contributed by atoms with Crippen molar-refractivity contribution < 1.29 is 23.1 Å². The quantitative estimate of drug-likeness (QED) is 0.240. The van der Waals surface area contributed by atoms with Crippen molar-refractivity contribution in [2.24, 2.45) is 11.5 Å². The van der Waals surface area contributed by atoms with E-state index in [2.05, 4.69) is 13.8 Å². The number of ether oxygens (including phenoxy) is 2. The third kappa shape index (κ3) is 18.6. The summed E-state index contributed by atoms with van der Waals surface area (Å²) in [5, 5.41) is 0. The Labute approximate surface area is 160 Å². The third-order valence-corrected chi connectivity index (χ3v) is 4.52. The van der Waals surface area contributed by atoms with E-state index in [0.717, 1.165) is 64.6 Å². The fourth-order valence-corrected chi connectivity index (χ4v) is 2.81. The Morgan fingerprint density at radius 1 is 0.731 bits per heavy atom. The first kappa shape index (κ1) is 25.9. The van der Waals surface area contributed by atoms with Gasteiger partial charge < -0.3 is 20.9 Å². The van der Waals surface area contributed by atoms with Crippen LogP contribution in [0.4, 0.5) is 0 Å². The van der Waals surface area contributed by atoms with Crippen LogP contribution in [0.15, 0.2) is 0 Å². The standard InChI is InChI=1S/C18H40N2O5P/c1-3-5-11-22-13-7-9-17(19)15-24-26(21)25-16-18(20)10-8-14-23-12-6-4-2/h17-18H,3-16,19-20H2,1-2H3/q+1. The Kier molecular flexibility index (Phi) is 19.5. The second kappa shape index (κ2) is 19.6. The lowest BCUT2D eigenvalue weighted by Crippen LogP contribution is -2.27. The Balaban J connectivity index is 3.48. The van der Waals surface area contributed by atoms with E-state index in [4.69, 9.17) is 30.0 Å². The zero-order chi connectivity index (χ0) is 19.5. The Bertz CT molecular complexity index is 296. The average Bonchev–Trinajstić information content (AvgIpc) is 2.64. The number of rotatable bonds is 20. The van der Waals surface area contributed by atoms with Gasteiger partial charge in [0.2, 0.25) is 0 Å². The molecular weight excluding hydrogens is 355 g/mol. The van der Waals surface area contributed by atoms with Gasteiger partial charge in [0.25, 0.3) is 0 Å². The van der Waals surface area contributed by atoms with Crippen LogP contribution in [0.5, 0.6) is 0 Å². The summed E-state index contributed by atoms with van der Waals surface area (Å²) in [7, 11) is -2.17. The molecule has 2 unspecified atom stereocenters. The van der Waals surface area contributed by atoms with Crippen LogP contribution in [0.25, 0.3) is 0 Å². The Hall–Kier alpha value is -0.140. The molecule has 0 spiro atoms. The first-order valence-electron chi connectivity index (χ1n) is 9.99. The molecule has 0 aliphatic heterocycles. The molecule has 26 heavy (non-hydrogen) atoms. The van der Waals surface area contributed by atoms with Crippen molar-refractivity contribution in [3.05, 3.63) is 0 Å². The normalized spacial score (nSPS) is 14.4. The van der Waals surface area contributed by atoms with Gasteiger partial charge in [-0.1, -0.05) is 26.7 Å². The number of hydrogen-bond acceptors (Lipinski definition) is 7. The van der Waals surface area contributed by atoms with Gasteiger partial charge in [0, 0.05) is 43.1 Å². The van der Waals surface area contributed by atoms with Crippen molar-refractivity contribution in [3.8, 4) is 0 Å². The van der Waals surface area contributed by atoms with Gasteiger partial charge in [-0.25, -0.2) is 0 Å². The predicted molar refractivity (Wildman–Crippen MR) is 105 cm³/mol. The second-order valence-corrected chi connectivity index (χ2v) is 7.52. The lowest BCUT2D eigenvalue weighted by atomic mass is 10.2. The topological polar surface area (TPSA) is 106 Å². The SMILES string of the molecule is CCCCOCCCC(N)CO[P+](=O)OCC(N)CCCOCCCC. The van der Waals surface area contributed by atoms with Crippen LogP contribution in [-0.4, -0.2) is 51.7 Å². The summed E-state index contributed by atoms with van der Waals surface area (Å²) in [6.07, 6.45) is 7.73. The molecule has 0 saturated heterocycles. The molecule has 0 aromatic carbocycles. The van der Waals surface area contributed by atoms with Gasteiger partial charge in [-0.3, -0.25) is 0 Å². The summed E-state index contributed by atoms with van der Waals surface area (Å²) < 4.78 is 33.0. The molecule has 8 heteroatoms. The minimum Gasteiger partial charge on any atom is -0.381 e. The van der Waals surface area contributed by atoms with E-state index in [1.807, 2.05) is 0 Å². The minimum atomic E-state index is -2.17. The van der Waals surface area contributed by atoms with Crippen molar-refractivity contribution in [1.82, 2.24) is 0 Å². The molecule has 2 atom stereocenters. The molecule has 156 valence electrons. The maximum Gasteiger partial charge on any atom is 0.697 e. The average molecular weight is 396 g/mol. The van der Waals surface area contributed by atoms with E-state index >= 15 is 0 Å². The maximum atomic E-state index is 11.7. The maximum absolute atomic E-state index is 11.7. The molecule has 0 amide bonds. The van der Waals surface area contributed by atoms with Crippen molar-refractivity contribution >= 4 is 8.25 Å². The van der Waals surface area contributed by atoms with Crippen molar-refractivity contribution in [1.29, 1.82) is 0 Å². The van der Waals surface area contributed by atoms with E-state index in [0.29, 0.717) is 13.2 Å². The van der Waals surface area contributed by atoms with Gasteiger partial charge in [-0.05, 0) is 38.5 Å². The first-order valence-corrected chi connectivity index (χ1v) is 11.1. The van der Waals surface area contributed by atoms with E-state index in [-0.39, 0.29) is 25.3 Å². The van der Waals surface area contributed by atoms with Gasteiger partial charge in [0.15, 0.2) is 0 Å². The summed E-state index contributed by atoms with van der Waals surface area (Å²) >= 11 is 0. The molecule has 0 aliphatic rings. The van der Waals surface area contributed by atoms with Crippen LogP contribution in [0, 0.1) is 0 Å². The molecule has 0 bridgehead atoms. The van der Waals surface area contributed by atoms with Crippen LogP contribution in [0.2, 0.25) is 0 Å². The molecule has 0 radical (unpaired) electrons. The lowest BCUT2D eigenvalue weighted by Gasteiger charge is -2.09. The molecule has 0 heterocycles. The first-order chi connectivity index (χ1) is 12.6. The highest BCUT2D eigenvalue weighted by molar-refractivity contribution is 7.33. The van der Waals surface area contributed by atoms with Crippen molar-refractivity contribution in [2.45, 2.75) is 77.3 Å². The molecule has 4 N–H and O–H groups in total. The highest BCUT2D eigenvalue weighted by Crippen LogP contribution is 2.24. The molecule has 0 aromatic heterocycles. The number of nitrogens with two attached hydrogens (primary N) is 2. The number of hydrogen-bond donors (Lipinski definition) is 2. The molecular formula is C18H40N2O5P+. The highest BCUT2D eigenvalue weighted by Gasteiger charge is 2.23. The molecule has 0 saturated carbocycles. The predicted octanol–water partition coefficient (Wildman–Crippen LogP) is 3.53. The van der Waals surface area contributed by atoms with E-state index in [1.165, 1.54) is 0 Å². The van der Waals surface area contributed by atoms with E-state index in [1.54, 1.807) is 0 Å². The zero-order valence-corrected chi connectivity index (χ0v) is 17.6.